The first kappa shape index (κ1) is 16.4. The van der Waals surface area contributed by atoms with Crippen LogP contribution >= 0.6 is 0 Å². The van der Waals surface area contributed by atoms with Gasteiger partial charge in [-0.25, -0.2) is 4.98 Å². The van der Waals surface area contributed by atoms with Crippen molar-refractivity contribution >= 4 is 5.52 Å². The molecule has 5 aromatic rings. The molecule has 4 aromatic heterocycles. The molecule has 0 N–H and O–H groups in total. The van der Waals surface area contributed by atoms with Crippen LogP contribution in [0.25, 0.3) is 34.2 Å². The van der Waals surface area contributed by atoms with Gasteiger partial charge in [0, 0.05) is 11.8 Å². The minimum atomic E-state index is 0.344. The van der Waals surface area contributed by atoms with Gasteiger partial charge in [-0.1, -0.05) is 22.9 Å². The fraction of sp³-hybridized carbons (Fsp3) is 0.150. The van der Waals surface area contributed by atoms with Crippen molar-refractivity contribution in [1.82, 2.24) is 34.5 Å². The Bertz CT molecular complexity index is 1310. The predicted molar refractivity (Wildman–Crippen MR) is 103 cm³/mol. The molecule has 0 radical (unpaired) electrons. The number of pyridine rings is 1. The molecule has 0 bridgehead atoms. The molecule has 0 saturated heterocycles. The molecule has 8 heteroatoms. The van der Waals surface area contributed by atoms with Crippen LogP contribution in [-0.2, 0) is 0 Å². The van der Waals surface area contributed by atoms with Crippen molar-refractivity contribution in [2.45, 2.75) is 20.8 Å². The first-order chi connectivity index (χ1) is 13.6. The summed E-state index contributed by atoms with van der Waals surface area (Å²) in [6, 6.07) is 10.0. The van der Waals surface area contributed by atoms with Gasteiger partial charge in [-0.15, -0.1) is 5.10 Å². The highest BCUT2D eigenvalue weighted by Crippen LogP contribution is 2.24. The van der Waals surface area contributed by atoms with E-state index in [9.17, 15) is 0 Å². The van der Waals surface area contributed by atoms with E-state index < -0.39 is 0 Å². The zero-order valence-corrected chi connectivity index (χ0v) is 15.7. The van der Waals surface area contributed by atoms with Gasteiger partial charge in [0.15, 0.2) is 5.69 Å². The molecule has 0 unspecified atom stereocenters. The number of rotatable bonds is 3. The molecule has 4 heterocycles. The van der Waals surface area contributed by atoms with E-state index in [0.717, 1.165) is 28.0 Å². The van der Waals surface area contributed by atoms with E-state index in [2.05, 4.69) is 38.3 Å². The molecule has 0 aliphatic heterocycles. The molecular weight excluding hydrogens is 354 g/mol. The number of benzene rings is 1. The third-order valence-corrected chi connectivity index (χ3v) is 4.65. The number of imidazole rings is 1. The lowest BCUT2D eigenvalue weighted by atomic mass is 10.1. The highest BCUT2D eigenvalue weighted by molar-refractivity contribution is 5.64. The third-order valence-electron chi connectivity index (χ3n) is 4.65. The number of hydrogen-bond acceptors (Lipinski definition) is 6. The fourth-order valence-corrected chi connectivity index (χ4v) is 3.21. The maximum Gasteiger partial charge on any atom is 0.280 e. The summed E-state index contributed by atoms with van der Waals surface area (Å²) in [5.41, 5.74) is 6.32. The Kier molecular flexibility index (Phi) is 3.58. The highest BCUT2D eigenvalue weighted by atomic mass is 16.5. The van der Waals surface area contributed by atoms with E-state index in [1.807, 2.05) is 48.7 Å². The summed E-state index contributed by atoms with van der Waals surface area (Å²) in [5.74, 6) is 0.844. The van der Waals surface area contributed by atoms with Crippen molar-refractivity contribution in [2.24, 2.45) is 0 Å². The van der Waals surface area contributed by atoms with Crippen molar-refractivity contribution in [3.05, 3.63) is 65.9 Å². The molecule has 0 fully saturated rings. The Balaban J connectivity index is 1.53. The average Bonchev–Trinajstić information content (AvgIpc) is 3.40. The Morgan fingerprint density at radius 2 is 1.89 bits per heavy atom. The third kappa shape index (κ3) is 2.66. The van der Waals surface area contributed by atoms with Gasteiger partial charge >= 0.3 is 0 Å². The van der Waals surface area contributed by atoms with Gasteiger partial charge in [0.2, 0.25) is 5.82 Å². The van der Waals surface area contributed by atoms with Crippen molar-refractivity contribution in [3.8, 4) is 28.7 Å². The van der Waals surface area contributed by atoms with E-state index in [1.165, 1.54) is 5.56 Å². The van der Waals surface area contributed by atoms with Gasteiger partial charge in [-0.05, 0) is 44.5 Å². The number of nitrogens with zero attached hydrogens (tertiary/aromatic N) is 7. The molecule has 138 valence electrons. The molecule has 28 heavy (non-hydrogen) atoms. The van der Waals surface area contributed by atoms with Crippen LogP contribution in [0.5, 0.6) is 0 Å². The molecule has 1 aromatic carbocycles. The van der Waals surface area contributed by atoms with Crippen molar-refractivity contribution in [3.63, 3.8) is 0 Å². The second-order valence-electron chi connectivity index (χ2n) is 6.78. The van der Waals surface area contributed by atoms with E-state index >= 15 is 0 Å². The van der Waals surface area contributed by atoms with E-state index in [1.54, 1.807) is 17.3 Å². The SMILES string of the molecule is Cc1ccc(-n2nc(C)c(-c3nc(-c4ccn5cncc5c4)no3)n2)c(C)c1. The summed E-state index contributed by atoms with van der Waals surface area (Å²) < 4.78 is 7.40. The molecule has 5 rings (SSSR count). The first-order valence-corrected chi connectivity index (χ1v) is 8.86. The van der Waals surface area contributed by atoms with Crippen LogP contribution in [0.1, 0.15) is 16.8 Å². The number of aromatic nitrogens is 7. The van der Waals surface area contributed by atoms with Crippen LogP contribution < -0.4 is 0 Å². The average molecular weight is 371 g/mol. The Labute approximate surface area is 160 Å². The first-order valence-electron chi connectivity index (χ1n) is 8.86. The second kappa shape index (κ2) is 6.12. The zero-order chi connectivity index (χ0) is 19.3. The molecule has 0 aliphatic rings. The molecule has 0 spiro atoms. The largest absolute Gasteiger partial charge is 0.332 e. The monoisotopic (exact) mass is 371 g/mol. The summed E-state index contributed by atoms with van der Waals surface area (Å²) >= 11 is 0. The lowest BCUT2D eigenvalue weighted by Gasteiger charge is -2.04. The van der Waals surface area contributed by atoms with Gasteiger partial charge in [-0.3, -0.25) is 0 Å². The van der Waals surface area contributed by atoms with Gasteiger partial charge in [0.05, 0.1) is 29.4 Å². The molecule has 0 aliphatic carbocycles. The summed E-state index contributed by atoms with van der Waals surface area (Å²) in [5, 5.41) is 13.2. The molecular formula is C20H17N7O. The summed E-state index contributed by atoms with van der Waals surface area (Å²) in [4.78, 5) is 10.3. The van der Waals surface area contributed by atoms with E-state index in [0.29, 0.717) is 17.4 Å². The summed E-state index contributed by atoms with van der Waals surface area (Å²) in [6.45, 7) is 5.98. The molecule has 0 atom stereocenters. The summed E-state index contributed by atoms with van der Waals surface area (Å²) in [7, 11) is 0. The van der Waals surface area contributed by atoms with Crippen LogP contribution in [0.4, 0.5) is 0 Å². The Hall–Kier alpha value is -3.81. The molecule has 0 amide bonds. The van der Waals surface area contributed by atoms with Gasteiger partial charge in [-0.2, -0.15) is 14.9 Å². The van der Waals surface area contributed by atoms with E-state index in [-0.39, 0.29) is 0 Å². The van der Waals surface area contributed by atoms with Crippen LogP contribution in [0.15, 0.2) is 53.6 Å². The second-order valence-corrected chi connectivity index (χ2v) is 6.78. The van der Waals surface area contributed by atoms with Crippen LogP contribution in [-0.4, -0.2) is 34.5 Å². The number of hydrogen-bond donors (Lipinski definition) is 0. The maximum absolute atomic E-state index is 5.48. The van der Waals surface area contributed by atoms with Gasteiger partial charge < -0.3 is 8.92 Å². The normalized spacial score (nSPS) is 11.4. The maximum atomic E-state index is 5.48. The number of fused-ring (bicyclic) bond motifs is 1. The van der Waals surface area contributed by atoms with Crippen molar-refractivity contribution in [2.75, 3.05) is 0 Å². The van der Waals surface area contributed by atoms with Crippen LogP contribution in [0.2, 0.25) is 0 Å². The van der Waals surface area contributed by atoms with Crippen molar-refractivity contribution < 1.29 is 4.52 Å². The topological polar surface area (TPSA) is 86.9 Å². The quantitative estimate of drug-likeness (QED) is 0.482. The summed E-state index contributed by atoms with van der Waals surface area (Å²) in [6.07, 6.45) is 5.44. The minimum absolute atomic E-state index is 0.344. The van der Waals surface area contributed by atoms with Crippen molar-refractivity contribution in [1.29, 1.82) is 0 Å². The van der Waals surface area contributed by atoms with E-state index in [4.69, 9.17) is 4.52 Å². The van der Waals surface area contributed by atoms with Crippen LogP contribution in [0.3, 0.4) is 0 Å². The van der Waals surface area contributed by atoms with Crippen LogP contribution in [0, 0.1) is 20.8 Å². The smallest absolute Gasteiger partial charge is 0.280 e. The highest BCUT2D eigenvalue weighted by Gasteiger charge is 2.19. The minimum Gasteiger partial charge on any atom is -0.332 e. The predicted octanol–water partition coefficient (Wildman–Crippen LogP) is 3.56. The zero-order valence-electron chi connectivity index (χ0n) is 15.7. The molecule has 8 nitrogen and oxygen atoms in total. The van der Waals surface area contributed by atoms with Gasteiger partial charge in [0.1, 0.15) is 0 Å². The molecule has 0 saturated carbocycles. The Morgan fingerprint density at radius 1 is 1.00 bits per heavy atom. The Morgan fingerprint density at radius 3 is 2.75 bits per heavy atom. The lowest BCUT2D eigenvalue weighted by Crippen LogP contribution is -2.01. The number of aryl methyl sites for hydroxylation is 3. The lowest BCUT2D eigenvalue weighted by molar-refractivity contribution is 0.430. The van der Waals surface area contributed by atoms with Gasteiger partial charge in [0.25, 0.3) is 5.89 Å². The standard InChI is InChI=1S/C20H17N7O/c1-12-4-5-17(13(2)8-12)27-23-14(3)18(24-27)20-22-19(25-28-20)15-6-7-26-11-21-10-16(26)9-15/h4-11H,1-3H3. The fourth-order valence-electron chi connectivity index (χ4n) is 3.21.